The van der Waals surface area contributed by atoms with E-state index in [4.69, 9.17) is 0 Å². The minimum absolute atomic E-state index is 0. The summed E-state index contributed by atoms with van der Waals surface area (Å²) in [6.45, 7) is 10.9. The summed E-state index contributed by atoms with van der Waals surface area (Å²) >= 11 is 1.73. The van der Waals surface area contributed by atoms with Crippen LogP contribution < -0.4 is 10.6 Å². The standard InChI is InChI=1S/C13H24N4S.HI/c1-5-7-8-15-13(14-6-2)16-9-12-17-10(3)11(4)18-12;/h5-9H2,1-4H3,(H2,14,15,16);1H. The third-order valence-electron chi connectivity index (χ3n) is 2.61. The van der Waals surface area contributed by atoms with Crippen molar-refractivity contribution in [3.63, 3.8) is 0 Å². The Morgan fingerprint density at radius 2 is 2.00 bits per heavy atom. The average molecular weight is 396 g/mol. The van der Waals surface area contributed by atoms with E-state index in [-0.39, 0.29) is 24.0 Å². The summed E-state index contributed by atoms with van der Waals surface area (Å²) < 4.78 is 0. The van der Waals surface area contributed by atoms with Crippen molar-refractivity contribution in [2.75, 3.05) is 13.1 Å². The van der Waals surface area contributed by atoms with Gasteiger partial charge >= 0.3 is 0 Å². The Morgan fingerprint density at radius 1 is 1.26 bits per heavy atom. The zero-order valence-electron chi connectivity index (χ0n) is 12.2. The lowest BCUT2D eigenvalue weighted by molar-refractivity contribution is 0.730. The maximum atomic E-state index is 4.55. The fourth-order valence-corrected chi connectivity index (χ4v) is 2.34. The van der Waals surface area contributed by atoms with Gasteiger partial charge in [-0.15, -0.1) is 35.3 Å². The Balaban J connectivity index is 0.00000324. The molecule has 0 aliphatic carbocycles. The van der Waals surface area contributed by atoms with Gasteiger partial charge in [0.15, 0.2) is 5.96 Å². The molecular weight excluding hydrogens is 371 g/mol. The minimum Gasteiger partial charge on any atom is -0.357 e. The molecule has 1 rings (SSSR count). The maximum absolute atomic E-state index is 4.55. The van der Waals surface area contributed by atoms with Crippen LogP contribution >= 0.6 is 35.3 Å². The smallest absolute Gasteiger partial charge is 0.191 e. The number of guanidine groups is 1. The van der Waals surface area contributed by atoms with Crippen LogP contribution in [0.4, 0.5) is 0 Å². The molecule has 0 spiro atoms. The number of hydrogen-bond acceptors (Lipinski definition) is 3. The zero-order chi connectivity index (χ0) is 13.4. The molecule has 0 amide bonds. The van der Waals surface area contributed by atoms with Gasteiger partial charge in [0.2, 0.25) is 0 Å². The number of aliphatic imine (C=N–C) groups is 1. The van der Waals surface area contributed by atoms with Crippen LogP contribution in [0.1, 0.15) is 42.3 Å². The molecule has 0 unspecified atom stereocenters. The predicted octanol–water partition coefficient (Wildman–Crippen LogP) is 3.23. The molecule has 0 saturated carbocycles. The van der Waals surface area contributed by atoms with Crippen molar-refractivity contribution >= 4 is 41.3 Å². The highest BCUT2D eigenvalue weighted by Crippen LogP contribution is 2.16. The first-order chi connectivity index (χ1) is 8.67. The summed E-state index contributed by atoms with van der Waals surface area (Å²) in [4.78, 5) is 10.3. The molecule has 0 aliphatic rings. The van der Waals surface area contributed by atoms with E-state index >= 15 is 0 Å². The van der Waals surface area contributed by atoms with Crippen molar-refractivity contribution in [2.24, 2.45) is 4.99 Å². The van der Waals surface area contributed by atoms with E-state index in [9.17, 15) is 0 Å². The molecular formula is C13H25IN4S. The van der Waals surface area contributed by atoms with Gasteiger partial charge in [-0.3, -0.25) is 0 Å². The first-order valence-electron chi connectivity index (χ1n) is 6.62. The number of aryl methyl sites for hydroxylation is 2. The molecule has 0 aliphatic heterocycles. The number of nitrogens with one attached hydrogen (secondary N) is 2. The molecule has 0 saturated heterocycles. The molecule has 19 heavy (non-hydrogen) atoms. The van der Waals surface area contributed by atoms with E-state index in [0.29, 0.717) is 6.54 Å². The Labute approximate surface area is 137 Å². The van der Waals surface area contributed by atoms with Gasteiger partial charge in [0.05, 0.1) is 12.2 Å². The van der Waals surface area contributed by atoms with Crippen LogP contribution in [-0.2, 0) is 6.54 Å². The van der Waals surface area contributed by atoms with Gasteiger partial charge in [0.25, 0.3) is 0 Å². The van der Waals surface area contributed by atoms with Crippen molar-refractivity contribution in [1.29, 1.82) is 0 Å². The summed E-state index contributed by atoms with van der Waals surface area (Å²) in [7, 11) is 0. The Bertz CT molecular complexity index is 370. The highest BCUT2D eigenvalue weighted by molar-refractivity contribution is 14.0. The van der Waals surface area contributed by atoms with E-state index < -0.39 is 0 Å². The fourth-order valence-electron chi connectivity index (χ4n) is 1.48. The van der Waals surface area contributed by atoms with Gasteiger partial charge in [-0.1, -0.05) is 13.3 Å². The summed E-state index contributed by atoms with van der Waals surface area (Å²) in [5.74, 6) is 0.886. The van der Waals surface area contributed by atoms with Crippen LogP contribution in [0, 0.1) is 13.8 Å². The van der Waals surface area contributed by atoms with Gasteiger partial charge in [-0.25, -0.2) is 9.98 Å². The number of nitrogens with zero attached hydrogens (tertiary/aromatic N) is 2. The summed E-state index contributed by atoms with van der Waals surface area (Å²) in [6, 6.07) is 0. The van der Waals surface area contributed by atoms with Gasteiger partial charge in [-0.05, 0) is 27.2 Å². The molecule has 0 bridgehead atoms. The molecule has 0 fully saturated rings. The molecule has 0 radical (unpaired) electrons. The second-order valence-corrected chi connectivity index (χ2v) is 5.51. The van der Waals surface area contributed by atoms with E-state index in [2.05, 4.69) is 41.4 Å². The van der Waals surface area contributed by atoms with Crippen LogP contribution in [0.2, 0.25) is 0 Å². The second-order valence-electron chi connectivity index (χ2n) is 4.22. The van der Waals surface area contributed by atoms with Crippen LogP contribution in [0.3, 0.4) is 0 Å². The van der Waals surface area contributed by atoms with E-state index in [0.717, 1.165) is 29.8 Å². The molecule has 0 aromatic carbocycles. The third-order valence-corrected chi connectivity index (χ3v) is 3.67. The molecule has 6 heteroatoms. The highest BCUT2D eigenvalue weighted by atomic mass is 127. The average Bonchev–Trinajstić information content (AvgIpc) is 2.66. The molecule has 0 atom stereocenters. The number of halogens is 1. The van der Waals surface area contributed by atoms with Crippen molar-refractivity contribution in [3.8, 4) is 0 Å². The lowest BCUT2D eigenvalue weighted by Crippen LogP contribution is -2.37. The van der Waals surface area contributed by atoms with E-state index in [1.807, 2.05) is 6.92 Å². The predicted molar refractivity (Wildman–Crippen MR) is 94.7 cm³/mol. The highest BCUT2D eigenvalue weighted by Gasteiger charge is 2.03. The molecule has 1 aromatic heterocycles. The van der Waals surface area contributed by atoms with E-state index in [1.165, 1.54) is 17.7 Å². The molecule has 1 heterocycles. The quantitative estimate of drug-likeness (QED) is 0.336. The van der Waals surface area contributed by atoms with Crippen LogP contribution in [0.25, 0.3) is 0 Å². The van der Waals surface area contributed by atoms with Crippen LogP contribution in [0.5, 0.6) is 0 Å². The van der Waals surface area contributed by atoms with Crippen molar-refractivity contribution < 1.29 is 0 Å². The number of rotatable bonds is 6. The number of hydrogen-bond donors (Lipinski definition) is 2. The SMILES string of the molecule is CCCCNC(=NCc1nc(C)c(C)s1)NCC.I. The minimum atomic E-state index is 0. The molecule has 110 valence electrons. The van der Waals surface area contributed by atoms with Crippen molar-refractivity contribution in [1.82, 2.24) is 15.6 Å². The third kappa shape index (κ3) is 7.10. The number of unbranched alkanes of at least 4 members (excludes halogenated alkanes) is 1. The monoisotopic (exact) mass is 396 g/mol. The normalized spacial score (nSPS) is 11.1. The number of thiazole rings is 1. The zero-order valence-corrected chi connectivity index (χ0v) is 15.4. The van der Waals surface area contributed by atoms with E-state index in [1.54, 1.807) is 11.3 Å². The van der Waals surface area contributed by atoms with Gasteiger partial charge < -0.3 is 10.6 Å². The van der Waals surface area contributed by atoms with Crippen molar-refractivity contribution in [3.05, 3.63) is 15.6 Å². The number of aromatic nitrogens is 1. The summed E-state index contributed by atoms with van der Waals surface area (Å²) in [5, 5.41) is 7.66. The van der Waals surface area contributed by atoms with Crippen LogP contribution in [-0.4, -0.2) is 24.0 Å². The first-order valence-corrected chi connectivity index (χ1v) is 7.44. The molecule has 4 nitrogen and oxygen atoms in total. The summed E-state index contributed by atoms with van der Waals surface area (Å²) in [6.07, 6.45) is 2.36. The van der Waals surface area contributed by atoms with Gasteiger partial charge in [0.1, 0.15) is 5.01 Å². The van der Waals surface area contributed by atoms with Gasteiger partial charge in [0, 0.05) is 18.0 Å². The van der Waals surface area contributed by atoms with Crippen LogP contribution in [0.15, 0.2) is 4.99 Å². The summed E-state index contributed by atoms with van der Waals surface area (Å²) in [5.41, 5.74) is 1.12. The van der Waals surface area contributed by atoms with Gasteiger partial charge in [-0.2, -0.15) is 0 Å². The Hall–Kier alpha value is -0.370. The fraction of sp³-hybridized carbons (Fsp3) is 0.692. The maximum Gasteiger partial charge on any atom is 0.191 e. The molecule has 1 aromatic rings. The lowest BCUT2D eigenvalue weighted by atomic mass is 10.3. The Kier molecular flexibility index (Phi) is 10.2. The second kappa shape index (κ2) is 10.4. The molecule has 2 N–H and O–H groups in total. The van der Waals surface area contributed by atoms with Crippen molar-refractivity contribution in [2.45, 2.75) is 47.1 Å². The largest absolute Gasteiger partial charge is 0.357 e. The first kappa shape index (κ1) is 18.6. The topological polar surface area (TPSA) is 49.3 Å². The Morgan fingerprint density at radius 3 is 2.53 bits per heavy atom. The lowest BCUT2D eigenvalue weighted by Gasteiger charge is -2.10.